The molecule has 0 saturated carbocycles. The highest BCUT2D eigenvalue weighted by molar-refractivity contribution is 7.89. The Morgan fingerprint density at radius 2 is 1.67 bits per heavy atom. The summed E-state index contributed by atoms with van der Waals surface area (Å²) in [6.45, 7) is 0.499. The quantitative estimate of drug-likeness (QED) is 0.364. The molecule has 2 aromatic carbocycles. The molecule has 2 N–H and O–H groups in total. The van der Waals surface area contributed by atoms with Crippen LogP contribution >= 0.6 is 0 Å². The maximum Gasteiger partial charge on any atom is 0.416 e. The number of aryl methyl sites for hydroxylation is 1. The molecule has 3 rings (SSSR count). The third-order valence-electron chi connectivity index (χ3n) is 4.60. The van der Waals surface area contributed by atoms with E-state index in [1.54, 1.807) is 30.5 Å². The fourth-order valence-corrected chi connectivity index (χ4v) is 3.59. The van der Waals surface area contributed by atoms with Crippen molar-refractivity contribution in [3.05, 3.63) is 78.1 Å². The summed E-state index contributed by atoms with van der Waals surface area (Å²) in [7, 11) is -4.29. The van der Waals surface area contributed by atoms with E-state index >= 15 is 0 Å². The van der Waals surface area contributed by atoms with E-state index in [1.807, 2.05) is 18.3 Å². The summed E-state index contributed by atoms with van der Waals surface area (Å²) in [5.74, 6) is 0.573. The molecule has 0 bridgehead atoms. The summed E-state index contributed by atoms with van der Waals surface area (Å²) in [6.07, 6.45) is 9.53. The van der Waals surface area contributed by atoms with Gasteiger partial charge in [0.05, 0.1) is 17.1 Å². The lowest BCUT2D eigenvalue weighted by molar-refractivity contribution is -0.137. The van der Waals surface area contributed by atoms with Crippen molar-refractivity contribution in [2.45, 2.75) is 30.3 Å². The second-order valence-electron chi connectivity index (χ2n) is 6.98. The first kappa shape index (κ1) is 25.9. The minimum atomic E-state index is -4.70. The number of hydrogen-bond donors (Lipinski definition) is 1. The van der Waals surface area contributed by atoms with Crippen molar-refractivity contribution >= 4 is 10.0 Å². The van der Waals surface area contributed by atoms with E-state index in [-0.39, 0.29) is 5.56 Å². The van der Waals surface area contributed by atoms with Crippen LogP contribution in [-0.4, -0.2) is 20.0 Å². The van der Waals surface area contributed by atoms with Crippen molar-refractivity contribution < 1.29 is 26.3 Å². The summed E-state index contributed by atoms with van der Waals surface area (Å²) in [4.78, 5) is 3.48. The van der Waals surface area contributed by atoms with Gasteiger partial charge < -0.3 is 4.74 Å². The van der Waals surface area contributed by atoms with E-state index < -0.39 is 26.7 Å². The molecule has 33 heavy (non-hydrogen) atoms. The normalized spacial score (nSPS) is 11.3. The van der Waals surface area contributed by atoms with E-state index in [1.165, 1.54) is 0 Å². The maximum atomic E-state index is 13.2. The Kier molecular flexibility index (Phi) is 9.02. The van der Waals surface area contributed by atoms with Gasteiger partial charge in [-0.25, -0.2) is 13.6 Å². The average molecular weight is 477 g/mol. The molecule has 0 amide bonds. The van der Waals surface area contributed by atoms with Crippen LogP contribution < -0.4 is 9.88 Å². The molecule has 0 fully saturated rings. The number of primary sulfonamides is 1. The molecule has 0 unspecified atom stereocenters. The summed E-state index contributed by atoms with van der Waals surface area (Å²) < 4.78 is 68.4. The van der Waals surface area contributed by atoms with Crippen molar-refractivity contribution in [3.8, 4) is 29.7 Å². The summed E-state index contributed by atoms with van der Waals surface area (Å²) >= 11 is 0. The predicted octanol–water partition coefficient (Wildman–Crippen LogP) is 5.07. The predicted molar refractivity (Wildman–Crippen MR) is 121 cm³/mol. The molecule has 174 valence electrons. The first-order chi connectivity index (χ1) is 15.6. The van der Waals surface area contributed by atoms with Gasteiger partial charge in [-0.15, -0.1) is 12.8 Å². The van der Waals surface area contributed by atoms with Gasteiger partial charge in [-0.1, -0.05) is 18.2 Å². The number of ether oxygens (including phenoxy) is 1. The number of hydrogen-bond acceptors (Lipinski definition) is 4. The number of nitrogens with two attached hydrogens (primary N) is 1. The maximum absolute atomic E-state index is 13.2. The second kappa shape index (κ2) is 11.5. The third-order valence-corrected chi connectivity index (χ3v) is 5.49. The van der Waals surface area contributed by atoms with E-state index in [2.05, 4.69) is 17.8 Å². The van der Waals surface area contributed by atoms with Gasteiger partial charge in [-0.2, -0.15) is 13.2 Å². The molecular formula is C24H23F3N2O3S. The van der Waals surface area contributed by atoms with Crippen molar-refractivity contribution in [3.63, 3.8) is 0 Å². The monoisotopic (exact) mass is 476 g/mol. The highest BCUT2D eigenvalue weighted by atomic mass is 32.2. The first-order valence-corrected chi connectivity index (χ1v) is 11.4. The average Bonchev–Trinajstić information content (AvgIpc) is 2.80. The van der Waals surface area contributed by atoms with Crippen molar-refractivity contribution in [2.75, 3.05) is 6.61 Å². The summed E-state index contributed by atoms with van der Waals surface area (Å²) in [5, 5.41) is 5.04. The molecule has 0 aliphatic heterocycles. The zero-order chi connectivity index (χ0) is 24.5. The highest BCUT2D eigenvalue weighted by Crippen LogP contribution is 2.34. The van der Waals surface area contributed by atoms with Gasteiger partial charge in [0.2, 0.25) is 10.0 Å². The van der Waals surface area contributed by atoms with Crippen LogP contribution in [0.2, 0.25) is 0 Å². The minimum absolute atomic E-state index is 0.0990. The fourth-order valence-electron chi connectivity index (χ4n) is 3.00. The standard InChI is InChI=1S/C22H21F3N2O3S.C2H2/c23-22(24,25)19-12-18(13-21(14-19)31(26,28)29)17-6-8-20(9-7-17)30-11-2-1-4-16-5-3-10-27-15-16;1-2/h3,5-10,12-15H,1-2,4,11H2,(H2,26,28,29);1-2H. The van der Waals surface area contributed by atoms with Gasteiger partial charge in [0.15, 0.2) is 0 Å². The molecular weight excluding hydrogens is 453 g/mol. The first-order valence-electron chi connectivity index (χ1n) is 9.83. The van der Waals surface area contributed by atoms with Crippen LogP contribution in [0.15, 0.2) is 71.9 Å². The molecule has 0 atom stereocenters. The van der Waals surface area contributed by atoms with Crippen LogP contribution in [0.4, 0.5) is 13.2 Å². The topological polar surface area (TPSA) is 82.3 Å². The summed E-state index contributed by atoms with van der Waals surface area (Å²) in [6, 6.07) is 12.9. The van der Waals surface area contributed by atoms with E-state index in [0.29, 0.717) is 24.0 Å². The third kappa shape index (κ3) is 7.93. The number of alkyl halides is 3. The molecule has 0 saturated heterocycles. The van der Waals surface area contributed by atoms with E-state index in [4.69, 9.17) is 9.88 Å². The van der Waals surface area contributed by atoms with Crippen LogP contribution in [0.5, 0.6) is 5.75 Å². The van der Waals surface area contributed by atoms with Gasteiger partial charge in [0.1, 0.15) is 5.75 Å². The van der Waals surface area contributed by atoms with Crippen molar-refractivity contribution in [1.29, 1.82) is 0 Å². The second-order valence-corrected chi connectivity index (χ2v) is 8.54. The van der Waals surface area contributed by atoms with Gasteiger partial charge in [-0.3, -0.25) is 4.98 Å². The highest BCUT2D eigenvalue weighted by Gasteiger charge is 2.32. The lowest BCUT2D eigenvalue weighted by Gasteiger charge is -2.12. The molecule has 1 aromatic heterocycles. The molecule has 9 heteroatoms. The fraction of sp³-hybridized carbons (Fsp3) is 0.208. The van der Waals surface area contributed by atoms with Crippen LogP contribution in [0.25, 0.3) is 11.1 Å². The Hall–Kier alpha value is -3.35. The molecule has 1 heterocycles. The largest absolute Gasteiger partial charge is 0.494 e. The molecule has 0 aliphatic carbocycles. The molecule has 3 aromatic rings. The smallest absolute Gasteiger partial charge is 0.416 e. The van der Waals surface area contributed by atoms with Crippen LogP contribution in [0.1, 0.15) is 24.0 Å². The number of sulfonamides is 1. The Labute approximate surface area is 191 Å². The number of nitrogens with zero attached hydrogens (tertiary/aromatic N) is 1. The van der Waals surface area contributed by atoms with Crippen molar-refractivity contribution in [1.82, 2.24) is 4.98 Å². The Bertz CT molecular complexity index is 1160. The van der Waals surface area contributed by atoms with Gasteiger partial charge in [-0.05, 0) is 72.4 Å². The van der Waals surface area contributed by atoms with Gasteiger partial charge in [0.25, 0.3) is 0 Å². The Balaban J connectivity index is 0.00000187. The number of unbranched alkanes of at least 4 members (excludes halogenated alkanes) is 1. The number of benzene rings is 2. The lowest BCUT2D eigenvalue weighted by Crippen LogP contribution is -2.14. The number of pyridine rings is 1. The van der Waals surface area contributed by atoms with Crippen molar-refractivity contribution in [2.24, 2.45) is 5.14 Å². The van der Waals surface area contributed by atoms with E-state index in [0.717, 1.165) is 37.0 Å². The van der Waals surface area contributed by atoms with Gasteiger partial charge in [0, 0.05) is 12.4 Å². The van der Waals surface area contributed by atoms with Crippen LogP contribution in [0, 0.1) is 12.8 Å². The van der Waals surface area contributed by atoms with E-state index in [9.17, 15) is 21.6 Å². The zero-order valence-electron chi connectivity index (χ0n) is 17.6. The Morgan fingerprint density at radius 1 is 0.970 bits per heavy atom. The number of terminal acetylenes is 1. The van der Waals surface area contributed by atoms with Crippen LogP contribution in [0.3, 0.4) is 0 Å². The lowest BCUT2D eigenvalue weighted by atomic mass is 10.0. The molecule has 5 nitrogen and oxygen atoms in total. The van der Waals surface area contributed by atoms with Crippen LogP contribution in [-0.2, 0) is 22.6 Å². The number of aromatic nitrogens is 1. The Morgan fingerprint density at radius 3 is 2.24 bits per heavy atom. The minimum Gasteiger partial charge on any atom is -0.494 e. The van der Waals surface area contributed by atoms with Gasteiger partial charge >= 0.3 is 6.18 Å². The SMILES string of the molecule is C#C.NS(=O)(=O)c1cc(-c2ccc(OCCCCc3cccnc3)cc2)cc(C(F)(F)F)c1. The number of rotatable bonds is 8. The molecule has 0 spiro atoms. The summed E-state index contributed by atoms with van der Waals surface area (Å²) in [5.41, 5.74) is 0.594. The molecule has 0 aliphatic rings. The number of halogens is 3. The zero-order valence-corrected chi connectivity index (χ0v) is 18.4. The molecule has 0 radical (unpaired) electrons.